The fraction of sp³-hybridized carbons (Fsp3) is 0.267. The van der Waals surface area contributed by atoms with Gasteiger partial charge in [0.15, 0.2) is 11.6 Å². The Kier molecular flexibility index (Phi) is 2.75. The summed E-state index contributed by atoms with van der Waals surface area (Å²) in [5.74, 6) is 0.666. The summed E-state index contributed by atoms with van der Waals surface area (Å²) >= 11 is 0. The zero-order chi connectivity index (χ0) is 15.3. The Morgan fingerprint density at radius 1 is 1.18 bits per heavy atom. The highest BCUT2D eigenvalue weighted by Crippen LogP contribution is 2.39. The molecule has 1 fully saturated rings. The number of rotatable bonds is 2. The van der Waals surface area contributed by atoms with E-state index in [1.807, 2.05) is 0 Å². The zero-order valence-electron chi connectivity index (χ0n) is 11.8. The van der Waals surface area contributed by atoms with E-state index in [0.29, 0.717) is 28.8 Å². The minimum atomic E-state index is -0.352. The van der Waals surface area contributed by atoms with E-state index >= 15 is 0 Å². The van der Waals surface area contributed by atoms with Crippen molar-refractivity contribution in [2.24, 2.45) is 0 Å². The molecule has 1 saturated carbocycles. The number of nitrogens with two attached hydrogens (primary N) is 2. The van der Waals surface area contributed by atoms with Gasteiger partial charge < -0.3 is 11.5 Å². The van der Waals surface area contributed by atoms with Crippen LogP contribution in [0.2, 0.25) is 0 Å². The Morgan fingerprint density at radius 3 is 2.73 bits per heavy atom. The number of hydrogen-bond acceptors (Lipinski definition) is 5. The number of halogens is 1. The molecule has 4 N–H and O–H groups in total. The van der Waals surface area contributed by atoms with Crippen molar-refractivity contribution < 1.29 is 4.39 Å². The summed E-state index contributed by atoms with van der Waals surface area (Å²) in [4.78, 5) is 13.1. The SMILES string of the molecule is Nc1nc(-c2cnc3ccc(F)cn23)nc(C2CCC2)c1N. The van der Waals surface area contributed by atoms with Gasteiger partial charge in [-0.15, -0.1) is 0 Å². The predicted octanol–water partition coefficient (Wildman–Crippen LogP) is 2.36. The van der Waals surface area contributed by atoms with Gasteiger partial charge in [0.1, 0.15) is 17.2 Å². The molecule has 4 rings (SSSR count). The Hall–Kier alpha value is -2.70. The van der Waals surface area contributed by atoms with Crippen molar-refractivity contribution in [2.45, 2.75) is 25.2 Å². The maximum atomic E-state index is 13.5. The second kappa shape index (κ2) is 4.66. The molecule has 3 heterocycles. The third kappa shape index (κ3) is 1.89. The van der Waals surface area contributed by atoms with Crippen molar-refractivity contribution in [3.63, 3.8) is 0 Å². The second-order valence-electron chi connectivity index (χ2n) is 5.58. The van der Waals surface area contributed by atoms with Crippen LogP contribution in [0.15, 0.2) is 24.5 Å². The number of hydrogen-bond donors (Lipinski definition) is 2. The first-order valence-electron chi connectivity index (χ1n) is 7.19. The summed E-state index contributed by atoms with van der Waals surface area (Å²) in [6, 6.07) is 2.97. The monoisotopic (exact) mass is 298 g/mol. The molecule has 0 aliphatic heterocycles. The van der Waals surface area contributed by atoms with Crippen molar-refractivity contribution in [1.82, 2.24) is 19.4 Å². The van der Waals surface area contributed by atoms with Crippen LogP contribution < -0.4 is 11.5 Å². The van der Waals surface area contributed by atoms with Gasteiger partial charge >= 0.3 is 0 Å². The van der Waals surface area contributed by atoms with Gasteiger partial charge in [0.05, 0.1) is 17.6 Å². The molecule has 22 heavy (non-hydrogen) atoms. The lowest BCUT2D eigenvalue weighted by atomic mass is 9.82. The Morgan fingerprint density at radius 2 is 2.00 bits per heavy atom. The maximum absolute atomic E-state index is 13.5. The van der Waals surface area contributed by atoms with E-state index < -0.39 is 0 Å². The first kappa shape index (κ1) is 13.0. The average molecular weight is 298 g/mol. The number of anilines is 2. The molecule has 0 unspecified atom stereocenters. The van der Waals surface area contributed by atoms with Gasteiger partial charge in [0.2, 0.25) is 0 Å². The lowest BCUT2D eigenvalue weighted by molar-refractivity contribution is 0.412. The second-order valence-corrected chi connectivity index (χ2v) is 5.58. The number of nitrogens with zero attached hydrogens (tertiary/aromatic N) is 4. The van der Waals surface area contributed by atoms with E-state index in [9.17, 15) is 4.39 Å². The van der Waals surface area contributed by atoms with Gasteiger partial charge in [0, 0.05) is 12.1 Å². The Balaban J connectivity index is 1.90. The van der Waals surface area contributed by atoms with Crippen molar-refractivity contribution >= 4 is 17.2 Å². The third-order valence-corrected chi connectivity index (χ3v) is 4.20. The van der Waals surface area contributed by atoms with E-state index in [0.717, 1.165) is 18.5 Å². The van der Waals surface area contributed by atoms with Crippen LogP contribution in [-0.2, 0) is 0 Å². The van der Waals surface area contributed by atoms with Crippen molar-refractivity contribution in [3.05, 3.63) is 36.0 Å². The average Bonchev–Trinajstić information content (AvgIpc) is 2.84. The first-order chi connectivity index (χ1) is 10.6. The van der Waals surface area contributed by atoms with Crippen LogP contribution in [0.3, 0.4) is 0 Å². The molecule has 0 saturated heterocycles. The third-order valence-electron chi connectivity index (χ3n) is 4.20. The summed E-state index contributed by atoms with van der Waals surface area (Å²) in [7, 11) is 0. The molecule has 6 nitrogen and oxygen atoms in total. The zero-order valence-corrected chi connectivity index (χ0v) is 11.8. The van der Waals surface area contributed by atoms with Gasteiger partial charge in [-0.2, -0.15) is 0 Å². The highest BCUT2D eigenvalue weighted by Gasteiger charge is 2.26. The van der Waals surface area contributed by atoms with E-state index in [-0.39, 0.29) is 11.6 Å². The lowest BCUT2D eigenvalue weighted by Gasteiger charge is -2.26. The normalized spacial score (nSPS) is 15.1. The van der Waals surface area contributed by atoms with Gasteiger partial charge in [-0.1, -0.05) is 6.42 Å². The minimum absolute atomic E-state index is 0.262. The van der Waals surface area contributed by atoms with Crippen LogP contribution in [0.5, 0.6) is 0 Å². The molecule has 0 amide bonds. The molecular formula is C15H15FN6. The van der Waals surface area contributed by atoms with E-state index in [1.165, 1.54) is 18.7 Å². The first-order valence-corrected chi connectivity index (χ1v) is 7.19. The van der Waals surface area contributed by atoms with Crippen molar-refractivity contribution in [2.75, 3.05) is 11.5 Å². The summed E-state index contributed by atoms with van der Waals surface area (Å²) in [5, 5.41) is 0. The number of nitrogen functional groups attached to an aromatic ring is 2. The Bertz CT molecular complexity index is 868. The molecule has 0 radical (unpaired) electrons. The molecule has 112 valence electrons. The van der Waals surface area contributed by atoms with Gasteiger partial charge in [-0.25, -0.2) is 19.3 Å². The topological polar surface area (TPSA) is 95.1 Å². The summed E-state index contributed by atoms with van der Waals surface area (Å²) in [6.07, 6.45) is 6.26. The van der Waals surface area contributed by atoms with E-state index in [1.54, 1.807) is 16.7 Å². The largest absolute Gasteiger partial charge is 0.394 e. The number of aromatic nitrogens is 4. The van der Waals surface area contributed by atoms with Crippen LogP contribution in [0.25, 0.3) is 17.2 Å². The van der Waals surface area contributed by atoms with Crippen LogP contribution in [0, 0.1) is 5.82 Å². The molecule has 7 heteroatoms. The van der Waals surface area contributed by atoms with Gasteiger partial charge in [-0.05, 0) is 25.0 Å². The lowest BCUT2D eigenvalue weighted by Crippen LogP contribution is -2.16. The number of pyridine rings is 1. The van der Waals surface area contributed by atoms with Gasteiger partial charge in [0.25, 0.3) is 0 Å². The minimum Gasteiger partial charge on any atom is -0.394 e. The molecular weight excluding hydrogens is 283 g/mol. The van der Waals surface area contributed by atoms with Crippen molar-refractivity contribution in [1.29, 1.82) is 0 Å². The molecule has 1 aliphatic carbocycles. The Labute approximate surface area is 126 Å². The summed E-state index contributed by atoms with van der Waals surface area (Å²) < 4.78 is 15.1. The maximum Gasteiger partial charge on any atom is 0.180 e. The highest BCUT2D eigenvalue weighted by molar-refractivity contribution is 5.67. The number of imidazole rings is 1. The molecule has 0 bridgehead atoms. The van der Waals surface area contributed by atoms with E-state index in [2.05, 4.69) is 15.0 Å². The van der Waals surface area contributed by atoms with Crippen LogP contribution in [0.1, 0.15) is 30.9 Å². The van der Waals surface area contributed by atoms with Gasteiger partial charge in [-0.3, -0.25) is 4.40 Å². The van der Waals surface area contributed by atoms with E-state index in [4.69, 9.17) is 11.5 Å². The molecule has 1 aliphatic rings. The highest BCUT2D eigenvalue weighted by atomic mass is 19.1. The van der Waals surface area contributed by atoms with Crippen LogP contribution in [-0.4, -0.2) is 19.4 Å². The molecule has 0 spiro atoms. The van der Waals surface area contributed by atoms with Crippen molar-refractivity contribution in [3.8, 4) is 11.5 Å². The standard InChI is InChI=1S/C15H15FN6/c16-9-4-5-11-19-6-10(22(11)7-9)15-20-13(8-2-1-3-8)12(17)14(18)21-15/h4-8H,1-3,17H2,(H2,18,20,21). The fourth-order valence-electron chi connectivity index (χ4n) is 2.73. The smallest absolute Gasteiger partial charge is 0.180 e. The molecule has 3 aromatic heterocycles. The fourth-order valence-corrected chi connectivity index (χ4v) is 2.73. The summed E-state index contributed by atoms with van der Waals surface area (Å²) in [6.45, 7) is 0. The van der Waals surface area contributed by atoms with Crippen LogP contribution >= 0.6 is 0 Å². The number of fused-ring (bicyclic) bond motifs is 1. The quantitative estimate of drug-likeness (QED) is 0.757. The molecule has 0 atom stereocenters. The molecule has 0 aromatic carbocycles. The summed E-state index contributed by atoms with van der Waals surface area (Å²) in [5.41, 5.74) is 14.4. The van der Waals surface area contributed by atoms with Crippen LogP contribution in [0.4, 0.5) is 15.9 Å². The molecule has 3 aromatic rings. The predicted molar refractivity (Wildman–Crippen MR) is 81.6 cm³/mol.